The number of ether oxygens (including phenoxy) is 1. The first-order chi connectivity index (χ1) is 10.0. The second-order valence-electron chi connectivity index (χ2n) is 4.44. The second kappa shape index (κ2) is 7.04. The predicted molar refractivity (Wildman–Crippen MR) is 82.1 cm³/mol. The number of sulfonamides is 1. The van der Waals surface area contributed by atoms with Crippen molar-refractivity contribution >= 4 is 21.4 Å². The number of aliphatic hydroxyl groups excluding tert-OH is 1. The Labute approximate surface area is 128 Å². The van der Waals surface area contributed by atoms with Gasteiger partial charge in [0.2, 0.25) is 10.0 Å². The Kier molecular flexibility index (Phi) is 5.35. The number of aryl methyl sites for hydroxylation is 1. The molecule has 0 saturated carbocycles. The van der Waals surface area contributed by atoms with E-state index < -0.39 is 10.0 Å². The maximum Gasteiger partial charge on any atom is 0.250 e. The average Bonchev–Trinajstić information content (AvgIpc) is 2.93. The second-order valence-corrected chi connectivity index (χ2v) is 7.60. The van der Waals surface area contributed by atoms with E-state index in [2.05, 4.69) is 4.72 Å². The Morgan fingerprint density at radius 1 is 1.29 bits per heavy atom. The molecular formula is C14H17NO4S2. The summed E-state index contributed by atoms with van der Waals surface area (Å²) < 4.78 is 32.1. The summed E-state index contributed by atoms with van der Waals surface area (Å²) in [5.41, 5.74) is 1.09. The predicted octanol–water partition coefficient (Wildman–Crippen LogP) is 1.91. The zero-order valence-corrected chi connectivity index (χ0v) is 13.2. The summed E-state index contributed by atoms with van der Waals surface area (Å²) in [4.78, 5) is 0.617. The molecule has 2 rings (SSSR count). The minimum Gasteiger partial charge on any atom is -0.492 e. The van der Waals surface area contributed by atoms with Gasteiger partial charge in [-0.3, -0.25) is 0 Å². The number of rotatable bonds is 7. The minimum absolute atomic E-state index is 0.156. The van der Waals surface area contributed by atoms with Crippen molar-refractivity contribution in [1.29, 1.82) is 0 Å². The zero-order chi connectivity index (χ0) is 15.3. The molecule has 0 amide bonds. The third-order valence-corrected chi connectivity index (χ3v) is 5.73. The maximum atomic E-state index is 12.0. The molecule has 2 aromatic rings. The summed E-state index contributed by atoms with van der Waals surface area (Å²) in [6.45, 7) is 2.24. The molecule has 1 aromatic heterocycles. The number of benzene rings is 1. The molecule has 0 spiro atoms. The van der Waals surface area contributed by atoms with Crippen LogP contribution in [0.4, 0.5) is 0 Å². The first kappa shape index (κ1) is 16.0. The van der Waals surface area contributed by atoms with E-state index in [1.807, 2.05) is 31.2 Å². The van der Waals surface area contributed by atoms with Crippen molar-refractivity contribution in [2.24, 2.45) is 0 Å². The molecule has 0 saturated heterocycles. The topological polar surface area (TPSA) is 75.6 Å². The summed E-state index contributed by atoms with van der Waals surface area (Å²) >= 11 is 1.05. The zero-order valence-electron chi connectivity index (χ0n) is 11.6. The average molecular weight is 327 g/mol. The van der Waals surface area contributed by atoms with Gasteiger partial charge in [-0.25, -0.2) is 13.1 Å². The summed E-state index contributed by atoms with van der Waals surface area (Å²) in [5.74, 6) is 0.716. The fourth-order valence-corrected chi connectivity index (χ4v) is 3.98. The van der Waals surface area contributed by atoms with E-state index in [9.17, 15) is 8.42 Å². The molecule has 7 heteroatoms. The molecule has 5 nitrogen and oxygen atoms in total. The van der Waals surface area contributed by atoms with Crippen molar-refractivity contribution in [1.82, 2.24) is 4.72 Å². The molecule has 21 heavy (non-hydrogen) atoms. The molecule has 0 aliphatic rings. The molecule has 0 atom stereocenters. The van der Waals surface area contributed by atoms with Crippen LogP contribution in [-0.2, 0) is 16.6 Å². The highest BCUT2D eigenvalue weighted by Gasteiger charge is 2.15. The van der Waals surface area contributed by atoms with Crippen LogP contribution in [0.15, 0.2) is 40.6 Å². The highest BCUT2D eigenvalue weighted by molar-refractivity contribution is 7.91. The molecule has 0 unspecified atom stereocenters. The highest BCUT2D eigenvalue weighted by atomic mass is 32.2. The first-order valence-corrected chi connectivity index (χ1v) is 8.70. The lowest BCUT2D eigenvalue weighted by Gasteiger charge is -2.08. The van der Waals surface area contributed by atoms with Crippen LogP contribution in [0.3, 0.4) is 0 Å². The van der Waals surface area contributed by atoms with Crippen LogP contribution in [-0.4, -0.2) is 26.7 Å². The normalized spacial score (nSPS) is 11.5. The monoisotopic (exact) mass is 327 g/mol. The van der Waals surface area contributed by atoms with Crippen LogP contribution in [0.5, 0.6) is 5.75 Å². The van der Waals surface area contributed by atoms with Gasteiger partial charge in [0, 0.05) is 11.4 Å². The number of aliphatic hydroxyl groups is 1. The van der Waals surface area contributed by atoms with Gasteiger partial charge in [-0.1, -0.05) is 12.1 Å². The van der Waals surface area contributed by atoms with Gasteiger partial charge in [0.15, 0.2) is 0 Å². The third-order valence-electron chi connectivity index (χ3n) is 2.71. The van der Waals surface area contributed by atoms with E-state index in [1.54, 1.807) is 6.07 Å². The van der Waals surface area contributed by atoms with Crippen LogP contribution in [0.1, 0.15) is 10.4 Å². The number of nitrogens with one attached hydrogen (secondary N) is 1. The van der Waals surface area contributed by atoms with Gasteiger partial charge in [0.1, 0.15) is 16.6 Å². The van der Waals surface area contributed by atoms with Crippen molar-refractivity contribution in [3.63, 3.8) is 0 Å². The Balaban J connectivity index is 1.85. The van der Waals surface area contributed by atoms with Crippen LogP contribution >= 0.6 is 11.3 Å². The molecule has 0 aliphatic carbocycles. The number of thiophene rings is 1. The molecule has 0 bridgehead atoms. The molecule has 1 heterocycles. The minimum atomic E-state index is -3.53. The quantitative estimate of drug-likeness (QED) is 0.762. The van der Waals surface area contributed by atoms with Crippen LogP contribution in [0, 0.1) is 6.92 Å². The van der Waals surface area contributed by atoms with Crippen LogP contribution in [0.2, 0.25) is 0 Å². The fourth-order valence-electron chi connectivity index (χ4n) is 1.71. The van der Waals surface area contributed by atoms with E-state index >= 15 is 0 Å². The van der Waals surface area contributed by atoms with E-state index in [0.29, 0.717) is 10.6 Å². The maximum absolute atomic E-state index is 12.0. The van der Waals surface area contributed by atoms with Crippen molar-refractivity contribution in [2.45, 2.75) is 17.7 Å². The molecule has 0 fully saturated rings. The third kappa shape index (κ3) is 4.53. The SMILES string of the molecule is Cc1cccc(OCCNS(=O)(=O)c2ccc(CO)s2)c1. The standard InChI is InChI=1S/C14H17NO4S2/c1-11-3-2-4-12(9-11)19-8-7-15-21(17,18)14-6-5-13(10-16)20-14/h2-6,9,15-16H,7-8,10H2,1H3. The Hall–Kier alpha value is -1.41. The molecule has 1 aromatic carbocycles. The van der Waals surface area contributed by atoms with Crippen molar-refractivity contribution in [3.05, 3.63) is 46.8 Å². The van der Waals surface area contributed by atoms with E-state index in [1.165, 1.54) is 6.07 Å². The Bertz CT molecular complexity index is 695. The lowest BCUT2D eigenvalue weighted by molar-refractivity contribution is 0.285. The summed E-state index contributed by atoms with van der Waals surface area (Å²) in [5, 5.41) is 8.95. The van der Waals surface area contributed by atoms with Gasteiger partial charge in [-0.2, -0.15) is 0 Å². The molecule has 114 valence electrons. The Morgan fingerprint density at radius 3 is 2.76 bits per heavy atom. The van der Waals surface area contributed by atoms with Crippen molar-refractivity contribution < 1.29 is 18.3 Å². The largest absolute Gasteiger partial charge is 0.492 e. The Morgan fingerprint density at radius 2 is 2.10 bits per heavy atom. The first-order valence-electron chi connectivity index (χ1n) is 6.40. The van der Waals surface area contributed by atoms with E-state index in [0.717, 1.165) is 16.9 Å². The summed E-state index contributed by atoms with van der Waals surface area (Å²) in [6.07, 6.45) is 0. The van der Waals surface area contributed by atoms with Gasteiger partial charge >= 0.3 is 0 Å². The number of hydrogen-bond acceptors (Lipinski definition) is 5. The van der Waals surface area contributed by atoms with E-state index in [-0.39, 0.29) is 24.0 Å². The van der Waals surface area contributed by atoms with Crippen LogP contribution < -0.4 is 9.46 Å². The fraction of sp³-hybridized carbons (Fsp3) is 0.286. The van der Waals surface area contributed by atoms with Crippen LogP contribution in [0.25, 0.3) is 0 Å². The van der Waals surface area contributed by atoms with E-state index in [4.69, 9.17) is 9.84 Å². The smallest absolute Gasteiger partial charge is 0.250 e. The van der Waals surface area contributed by atoms with Gasteiger partial charge in [0.05, 0.1) is 6.61 Å². The number of hydrogen-bond donors (Lipinski definition) is 2. The van der Waals surface area contributed by atoms with Crippen molar-refractivity contribution in [3.8, 4) is 5.75 Å². The molecule has 0 radical (unpaired) electrons. The van der Waals surface area contributed by atoms with Gasteiger partial charge < -0.3 is 9.84 Å². The van der Waals surface area contributed by atoms with Crippen molar-refractivity contribution in [2.75, 3.05) is 13.2 Å². The summed E-state index contributed by atoms with van der Waals surface area (Å²) in [6, 6.07) is 10.7. The van der Waals surface area contributed by atoms with Gasteiger partial charge in [-0.05, 0) is 36.8 Å². The molecular weight excluding hydrogens is 310 g/mol. The lowest BCUT2D eigenvalue weighted by atomic mass is 10.2. The molecule has 2 N–H and O–H groups in total. The lowest BCUT2D eigenvalue weighted by Crippen LogP contribution is -2.27. The van der Waals surface area contributed by atoms with Gasteiger partial charge in [-0.15, -0.1) is 11.3 Å². The molecule has 0 aliphatic heterocycles. The highest BCUT2D eigenvalue weighted by Crippen LogP contribution is 2.21. The van der Waals surface area contributed by atoms with Gasteiger partial charge in [0.25, 0.3) is 0 Å². The summed E-state index contributed by atoms with van der Waals surface area (Å²) in [7, 11) is -3.53.